The van der Waals surface area contributed by atoms with Crippen molar-refractivity contribution < 1.29 is 18.8 Å². The van der Waals surface area contributed by atoms with Crippen LogP contribution in [0.4, 0.5) is 0 Å². The molecule has 1 aromatic carbocycles. The summed E-state index contributed by atoms with van der Waals surface area (Å²) >= 11 is 11.7. The van der Waals surface area contributed by atoms with Crippen LogP contribution in [-0.4, -0.2) is 17.7 Å². The van der Waals surface area contributed by atoms with Gasteiger partial charge in [0.1, 0.15) is 23.8 Å². The van der Waals surface area contributed by atoms with Gasteiger partial charge < -0.3 is 14.0 Å². The van der Waals surface area contributed by atoms with Crippen LogP contribution in [-0.2, 0) is 16.1 Å². The van der Waals surface area contributed by atoms with Crippen molar-refractivity contribution in [2.24, 2.45) is 0 Å². The molecule has 0 N–H and O–H groups in total. The van der Waals surface area contributed by atoms with Crippen LogP contribution in [0.1, 0.15) is 11.5 Å². The number of carbonyl (C=O) groups excluding carboxylic acids is 1. The Morgan fingerprint density at radius 1 is 1.35 bits per heavy atom. The van der Waals surface area contributed by atoms with E-state index in [1.165, 1.54) is 6.07 Å². The Morgan fingerprint density at radius 2 is 2.15 bits per heavy atom. The molecule has 1 aromatic heterocycles. The van der Waals surface area contributed by atoms with Crippen LogP contribution in [0.3, 0.4) is 0 Å². The zero-order valence-corrected chi connectivity index (χ0v) is 12.1. The molecule has 0 saturated carbocycles. The van der Waals surface area contributed by atoms with E-state index in [4.69, 9.17) is 37.2 Å². The van der Waals surface area contributed by atoms with Crippen LogP contribution in [0, 0.1) is 6.92 Å². The molecule has 0 unspecified atom stereocenters. The van der Waals surface area contributed by atoms with E-state index in [-0.39, 0.29) is 13.2 Å². The van der Waals surface area contributed by atoms with Gasteiger partial charge in [0.15, 0.2) is 6.61 Å². The van der Waals surface area contributed by atoms with E-state index in [1.54, 1.807) is 25.1 Å². The average molecular weight is 316 g/mol. The monoisotopic (exact) mass is 315 g/mol. The summed E-state index contributed by atoms with van der Waals surface area (Å²) in [7, 11) is 0. The van der Waals surface area contributed by atoms with E-state index in [1.807, 2.05) is 0 Å². The second kappa shape index (κ2) is 6.63. The number of hydrogen-bond acceptors (Lipinski definition) is 5. The minimum Gasteiger partial charge on any atom is -0.480 e. The van der Waals surface area contributed by atoms with Crippen molar-refractivity contribution in [1.29, 1.82) is 0 Å². The summed E-state index contributed by atoms with van der Waals surface area (Å²) in [6.45, 7) is 1.54. The molecule has 106 valence electrons. The van der Waals surface area contributed by atoms with Crippen LogP contribution in [0.5, 0.6) is 5.75 Å². The third-order valence-electron chi connectivity index (χ3n) is 2.30. The predicted molar refractivity (Wildman–Crippen MR) is 73.0 cm³/mol. The van der Waals surface area contributed by atoms with Crippen LogP contribution < -0.4 is 4.74 Å². The highest BCUT2D eigenvalue weighted by Crippen LogP contribution is 2.27. The number of nitrogens with zero attached hydrogens (tertiary/aromatic N) is 1. The van der Waals surface area contributed by atoms with Gasteiger partial charge in [-0.05, 0) is 25.1 Å². The van der Waals surface area contributed by atoms with Crippen LogP contribution >= 0.6 is 23.2 Å². The highest BCUT2D eigenvalue weighted by Gasteiger charge is 2.09. The molecule has 2 rings (SSSR count). The number of carbonyl (C=O) groups is 1. The zero-order valence-electron chi connectivity index (χ0n) is 10.6. The highest BCUT2D eigenvalue weighted by molar-refractivity contribution is 6.35. The first-order valence-corrected chi connectivity index (χ1v) is 6.46. The van der Waals surface area contributed by atoms with Gasteiger partial charge in [-0.15, -0.1) is 0 Å². The van der Waals surface area contributed by atoms with Gasteiger partial charge >= 0.3 is 5.97 Å². The lowest BCUT2D eigenvalue weighted by Gasteiger charge is -2.07. The third kappa shape index (κ3) is 4.15. The number of aromatic nitrogens is 1. The van der Waals surface area contributed by atoms with Gasteiger partial charge in [0.2, 0.25) is 0 Å². The molecule has 0 bridgehead atoms. The number of aryl methyl sites for hydroxylation is 1. The lowest BCUT2D eigenvalue weighted by molar-refractivity contribution is -0.147. The van der Waals surface area contributed by atoms with Gasteiger partial charge in [0.05, 0.1) is 5.02 Å². The Balaban J connectivity index is 1.80. The van der Waals surface area contributed by atoms with E-state index in [9.17, 15) is 4.79 Å². The zero-order chi connectivity index (χ0) is 14.5. The van der Waals surface area contributed by atoms with Crippen LogP contribution in [0.25, 0.3) is 0 Å². The Kier molecular flexibility index (Phi) is 4.87. The predicted octanol–water partition coefficient (Wildman–Crippen LogP) is 3.41. The molecular weight excluding hydrogens is 305 g/mol. The molecule has 0 aliphatic carbocycles. The first-order chi connectivity index (χ1) is 9.54. The second-order valence-corrected chi connectivity index (χ2v) is 4.80. The number of esters is 1. The molecule has 20 heavy (non-hydrogen) atoms. The molecule has 1 heterocycles. The molecule has 0 radical (unpaired) electrons. The Morgan fingerprint density at radius 3 is 2.80 bits per heavy atom. The SMILES string of the molecule is Cc1cc(COC(=O)COc2ccc(Cl)cc2Cl)no1. The molecule has 7 heteroatoms. The van der Waals surface area contributed by atoms with Crippen LogP contribution in [0.2, 0.25) is 10.0 Å². The van der Waals surface area contributed by atoms with Crippen molar-refractivity contribution in [1.82, 2.24) is 5.16 Å². The minimum absolute atomic E-state index is 0.0356. The summed E-state index contributed by atoms with van der Waals surface area (Å²) in [6.07, 6.45) is 0. The van der Waals surface area contributed by atoms with Gasteiger partial charge in [0, 0.05) is 11.1 Å². The van der Waals surface area contributed by atoms with Gasteiger partial charge in [0.25, 0.3) is 0 Å². The average Bonchev–Trinajstić information content (AvgIpc) is 2.81. The van der Waals surface area contributed by atoms with Crippen LogP contribution in [0.15, 0.2) is 28.8 Å². The maximum Gasteiger partial charge on any atom is 0.344 e. The maximum atomic E-state index is 11.5. The largest absolute Gasteiger partial charge is 0.480 e. The second-order valence-electron chi connectivity index (χ2n) is 3.95. The van der Waals surface area contributed by atoms with E-state index in [0.717, 1.165) is 0 Å². The fourth-order valence-corrected chi connectivity index (χ4v) is 1.87. The van der Waals surface area contributed by atoms with Crippen molar-refractivity contribution in [3.63, 3.8) is 0 Å². The maximum absolute atomic E-state index is 11.5. The van der Waals surface area contributed by atoms with E-state index < -0.39 is 5.97 Å². The fourth-order valence-electron chi connectivity index (χ4n) is 1.41. The summed E-state index contributed by atoms with van der Waals surface area (Å²) in [5, 5.41) is 4.52. The molecule has 0 saturated heterocycles. The lowest BCUT2D eigenvalue weighted by Crippen LogP contribution is -2.15. The van der Waals surface area contributed by atoms with E-state index >= 15 is 0 Å². The Hall–Kier alpha value is -1.72. The van der Waals surface area contributed by atoms with Crippen molar-refractivity contribution in [3.8, 4) is 5.75 Å². The van der Waals surface area contributed by atoms with E-state index in [0.29, 0.717) is 27.2 Å². The van der Waals surface area contributed by atoms with Crippen molar-refractivity contribution in [3.05, 3.63) is 45.8 Å². The van der Waals surface area contributed by atoms with Gasteiger partial charge in [-0.3, -0.25) is 0 Å². The lowest BCUT2D eigenvalue weighted by atomic mass is 10.3. The number of rotatable bonds is 5. The Bertz CT molecular complexity index is 612. The molecule has 0 aliphatic rings. The normalized spacial score (nSPS) is 10.3. The first-order valence-electron chi connectivity index (χ1n) is 5.70. The minimum atomic E-state index is -0.531. The fraction of sp³-hybridized carbons (Fsp3) is 0.231. The quantitative estimate of drug-likeness (QED) is 0.791. The smallest absolute Gasteiger partial charge is 0.344 e. The molecule has 0 spiro atoms. The van der Waals surface area contributed by atoms with Crippen molar-refractivity contribution >= 4 is 29.2 Å². The van der Waals surface area contributed by atoms with Gasteiger partial charge in [-0.1, -0.05) is 28.4 Å². The molecular formula is C13H11Cl2NO4. The number of benzene rings is 1. The standard InChI is InChI=1S/C13H11Cl2NO4/c1-8-4-10(16-20-8)6-19-13(17)7-18-12-3-2-9(14)5-11(12)15/h2-5H,6-7H2,1H3. The highest BCUT2D eigenvalue weighted by atomic mass is 35.5. The summed E-state index contributed by atoms with van der Waals surface area (Å²) in [4.78, 5) is 11.5. The Labute approximate surface area is 125 Å². The third-order valence-corrected chi connectivity index (χ3v) is 2.83. The summed E-state index contributed by atoms with van der Waals surface area (Å²) in [5.74, 6) is 0.488. The summed E-state index contributed by atoms with van der Waals surface area (Å²) < 4.78 is 15.1. The van der Waals surface area contributed by atoms with Crippen molar-refractivity contribution in [2.45, 2.75) is 13.5 Å². The summed E-state index contributed by atoms with van der Waals surface area (Å²) in [6, 6.07) is 6.41. The molecule has 0 fully saturated rings. The first kappa shape index (κ1) is 14.7. The molecule has 0 aliphatic heterocycles. The summed E-state index contributed by atoms with van der Waals surface area (Å²) in [5.41, 5.74) is 0.542. The molecule has 0 atom stereocenters. The molecule has 5 nitrogen and oxygen atoms in total. The van der Waals surface area contributed by atoms with Crippen molar-refractivity contribution in [2.75, 3.05) is 6.61 Å². The van der Waals surface area contributed by atoms with E-state index in [2.05, 4.69) is 5.16 Å². The van der Waals surface area contributed by atoms with Gasteiger partial charge in [-0.2, -0.15) is 0 Å². The number of halogens is 2. The molecule has 2 aromatic rings. The van der Waals surface area contributed by atoms with Gasteiger partial charge in [-0.25, -0.2) is 4.79 Å². The topological polar surface area (TPSA) is 61.6 Å². The molecule has 0 amide bonds. The number of ether oxygens (including phenoxy) is 2. The number of hydrogen-bond donors (Lipinski definition) is 0.